The molecule has 8 nitrogen and oxygen atoms in total. The van der Waals surface area contributed by atoms with E-state index in [0.717, 1.165) is 43.1 Å². The van der Waals surface area contributed by atoms with Crippen LogP contribution in [-0.4, -0.2) is 48.2 Å². The van der Waals surface area contributed by atoms with Crippen LogP contribution in [0.1, 0.15) is 30.9 Å². The van der Waals surface area contributed by atoms with Crippen LogP contribution in [0, 0.1) is 11.3 Å². The summed E-state index contributed by atoms with van der Waals surface area (Å²) in [6.45, 7) is 5.98. The van der Waals surface area contributed by atoms with Crippen molar-refractivity contribution < 1.29 is 9.47 Å². The quantitative estimate of drug-likeness (QED) is 0.381. The Hall–Kier alpha value is -3.54. The highest BCUT2D eigenvalue weighted by Crippen LogP contribution is 2.33. The van der Waals surface area contributed by atoms with Gasteiger partial charge in [-0.1, -0.05) is 18.5 Å². The van der Waals surface area contributed by atoms with Crippen molar-refractivity contribution in [3.05, 3.63) is 58.7 Å². The summed E-state index contributed by atoms with van der Waals surface area (Å²) in [5.41, 5.74) is 2.70. The van der Waals surface area contributed by atoms with Crippen LogP contribution in [0.5, 0.6) is 11.5 Å². The van der Waals surface area contributed by atoms with E-state index in [2.05, 4.69) is 31.6 Å². The first-order valence-electron chi connectivity index (χ1n) is 11.7. The van der Waals surface area contributed by atoms with Gasteiger partial charge in [-0.2, -0.15) is 10.2 Å². The SMILES string of the molecule is CCc1cc(Cl)c(Nc2nc(Nc3ccc(OCCN4CCCC4)cc3)ncc2C#N)cc1OC. The van der Waals surface area contributed by atoms with E-state index in [4.69, 9.17) is 21.1 Å². The molecule has 9 heteroatoms. The number of hydrogen-bond acceptors (Lipinski definition) is 8. The Labute approximate surface area is 210 Å². The number of rotatable bonds is 10. The van der Waals surface area contributed by atoms with Crippen molar-refractivity contribution in [3.8, 4) is 17.6 Å². The van der Waals surface area contributed by atoms with Crippen LogP contribution in [0.3, 0.4) is 0 Å². The molecule has 0 radical (unpaired) electrons. The summed E-state index contributed by atoms with van der Waals surface area (Å²) >= 11 is 6.47. The Morgan fingerprint density at radius 3 is 2.60 bits per heavy atom. The molecule has 1 fully saturated rings. The van der Waals surface area contributed by atoms with E-state index >= 15 is 0 Å². The lowest BCUT2D eigenvalue weighted by molar-refractivity contribution is 0.238. The smallest absolute Gasteiger partial charge is 0.229 e. The van der Waals surface area contributed by atoms with Gasteiger partial charge >= 0.3 is 0 Å². The average Bonchev–Trinajstić information content (AvgIpc) is 3.40. The number of hydrogen-bond donors (Lipinski definition) is 2. The van der Waals surface area contributed by atoms with Crippen LogP contribution >= 0.6 is 11.6 Å². The second kappa shape index (κ2) is 11.7. The van der Waals surface area contributed by atoms with Crippen LogP contribution in [0.2, 0.25) is 5.02 Å². The number of nitrogens with one attached hydrogen (secondary N) is 2. The zero-order chi connectivity index (χ0) is 24.6. The fourth-order valence-electron chi connectivity index (χ4n) is 3.97. The first-order chi connectivity index (χ1) is 17.1. The molecule has 2 N–H and O–H groups in total. The summed E-state index contributed by atoms with van der Waals surface area (Å²) < 4.78 is 11.3. The zero-order valence-electron chi connectivity index (χ0n) is 20.0. The first kappa shape index (κ1) is 24.6. The van der Waals surface area contributed by atoms with E-state index in [1.807, 2.05) is 37.3 Å². The maximum Gasteiger partial charge on any atom is 0.229 e. The molecule has 0 atom stereocenters. The molecule has 35 heavy (non-hydrogen) atoms. The van der Waals surface area contributed by atoms with Gasteiger partial charge in [0.2, 0.25) is 5.95 Å². The number of aromatic nitrogens is 2. The predicted octanol–water partition coefficient (Wildman–Crippen LogP) is 5.53. The Morgan fingerprint density at radius 1 is 1.14 bits per heavy atom. The number of ether oxygens (including phenoxy) is 2. The van der Waals surface area contributed by atoms with Gasteiger partial charge in [-0.25, -0.2) is 4.98 Å². The number of benzene rings is 2. The molecular weight excluding hydrogens is 464 g/mol. The maximum atomic E-state index is 9.54. The minimum absolute atomic E-state index is 0.298. The minimum Gasteiger partial charge on any atom is -0.496 e. The molecule has 3 aromatic rings. The summed E-state index contributed by atoms with van der Waals surface area (Å²) in [6, 6.07) is 13.4. The third kappa shape index (κ3) is 6.32. The molecule has 1 aliphatic rings. The van der Waals surface area contributed by atoms with Gasteiger partial charge in [-0.15, -0.1) is 0 Å². The van der Waals surface area contributed by atoms with Crippen molar-refractivity contribution in [3.63, 3.8) is 0 Å². The number of aryl methyl sites for hydroxylation is 1. The summed E-state index contributed by atoms with van der Waals surface area (Å²) in [5, 5.41) is 16.4. The first-order valence-corrected chi connectivity index (χ1v) is 12.1. The summed E-state index contributed by atoms with van der Waals surface area (Å²) in [7, 11) is 1.61. The molecule has 0 aliphatic carbocycles. The molecule has 0 unspecified atom stereocenters. The van der Waals surface area contributed by atoms with E-state index < -0.39 is 0 Å². The van der Waals surface area contributed by atoms with Crippen molar-refractivity contribution in [2.45, 2.75) is 26.2 Å². The van der Waals surface area contributed by atoms with Gasteiger partial charge < -0.3 is 20.1 Å². The highest BCUT2D eigenvalue weighted by Gasteiger charge is 2.13. The summed E-state index contributed by atoms with van der Waals surface area (Å²) in [6.07, 6.45) is 4.82. The van der Waals surface area contributed by atoms with Crippen molar-refractivity contribution >= 4 is 34.7 Å². The molecule has 4 rings (SSSR count). The fourth-order valence-corrected chi connectivity index (χ4v) is 4.20. The van der Waals surface area contributed by atoms with Gasteiger partial charge in [0.1, 0.15) is 29.7 Å². The zero-order valence-corrected chi connectivity index (χ0v) is 20.7. The summed E-state index contributed by atoms with van der Waals surface area (Å²) in [4.78, 5) is 11.2. The van der Waals surface area contributed by atoms with Crippen LogP contribution < -0.4 is 20.1 Å². The number of nitrogens with zero attached hydrogens (tertiary/aromatic N) is 4. The minimum atomic E-state index is 0.298. The van der Waals surface area contributed by atoms with Gasteiger partial charge in [0.15, 0.2) is 5.82 Å². The standard InChI is InChI=1S/C26H29ClN6O2/c1-3-18-14-22(27)23(15-24(18)34-2)31-25-19(16-28)17-29-26(32-25)30-20-6-8-21(9-7-20)35-13-12-33-10-4-5-11-33/h6-9,14-15,17H,3-5,10-13H2,1-2H3,(H2,29,30,31,32). The third-order valence-electron chi connectivity index (χ3n) is 5.90. The summed E-state index contributed by atoms with van der Waals surface area (Å²) in [5.74, 6) is 2.23. The number of nitriles is 1. The second-order valence-corrected chi connectivity index (χ2v) is 8.64. The Kier molecular flexibility index (Phi) is 8.24. The Morgan fingerprint density at radius 2 is 1.91 bits per heavy atom. The Bertz CT molecular complexity index is 1190. The van der Waals surface area contributed by atoms with Crippen LogP contribution in [0.15, 0.2) is 42.6 Å². The van der Waals surface area contributed by atoms with E-state index in [0.29, 0.717) is 40.4 Å². The lowest BCUT2D eigenvalue weighted by atomic mass is 10.1. The second-order valence-electron chi connectivity index (χ2n) is 8.24. The van der Waals surface area contributed by atoms with Gasteiger partial charge in [0.25, 0.3) is 0 Å². The lowest BCUT2D eigenvalue weighted by Crippen LogP contribution is -2.25. The molecule has 1 saturated heterocycles. The fraction of sp³-hybridized carbons (Fsp3) is 0.346. The van der Waals surface area contributed by atoms with Gasteiger partial charge in [0.05, 0.1) is 24.0 Å². The largest absolute Gasteiger partial charge is 0.496 e. The highest BCUT2D eigenvalue weighted by atomic mass is 35.5. The van der Waals surface area contributed by atoms with Crippen LogP contribution in [-0.2, 0) is 6.42 Å². The molecule has 0 spiro atoms. The molecule has 1 aliphatic heterocycles. The molecule has 0 amide bonds. The number of anilines is 4. The lowest BCUT2D eigenvalue weighted by Gasteiger charge is -2.15. The molecular formula is C26H29ClN6O2. The van der Waals surface area contributed by atoms with Crippen molar-refractivity contribution in [1.82, 2.24) is 14.9 Å². The monoisotopic (exact) mass is 492 g/mol. The number of methoxy groups -OCH3 is 1. The molecule has 0 saturated carbocycles. The highest BCUT2D eigenvalue weighted by molar-refractivity contribution is 6.33. The van der Waals surface area contributed by atoms with E-state index in [9.17, 15) is 5.26 Å². The molecule has 2 heterocycles. The molecule has 1 aromatic heterocycles. The molecule has 0 bridgehead atoms. The van der Waals surface area contributed by atoms with Crippen molar-refractivity contribution in [2.75, 3.05) is 44.0 Å². The normalized spacial score (nSPS) is 13.3. The van der Waals surface area contributed by atoms with Crippen molar-refractivity contribution in [1.29, 1.82) is 5.26 Å². The topological polar surface area (TPSA) is 95.3 Å². The van der Waals surface area contributed by atoms with Gasteiger partial charge in [-0.3, -0.25) is 4.90 Å². The maximum absolute atomic E-state index is 9.54. The Balaban J connectivity index is 1.44. The molecule has 182 valence electrons. The van der Waals surface area contributed by atoms with E-state index in [-0.39, 0.29) is 0 Å². The third-order valence-corrected chi connectivity index (χ3v) is 6.21. The van der Waals surface area contributed by atoms with Gasteiger partial charge in [-0.05, 0) is 68.2 Å². The van der Waals surface area contributed by atoms with E-state index in [1.54, 1.807) is 13.2 Å². The number of likely N-dealkylation sites (tertiary alicyclic amines) is 1. The average molecular weight is 493 g/mol. The van der Waals surface area contributed by atoms with Crippen LogP contribution in [0.4, 0.5) is 23.1 Å². The van der Waals surface area contributed by atoms with E-state index in [1.165, 1.54) is 19.0 Å². The van der Waals surface area contributed by atoms with Crippen LogP contribution in [0.25, 0.3) is 0 Å². The number of halogens is 1. The predicted molar refractivity (Wildman–Crippen MR) is 138 cm³/mol. The van der Waals surface area contributed by atoms with Gasteiger partial charge in [0, 0.05) is 18.3 Å². The molecule has 2 aromatic carbocycles. The van der Waals surface area contributed by atoms with Crippen molar-refractivity contribution in [2.24, 2.45) is 0 Å².